The SMILES string of the molecule is O=C(CNc1cc(Cl)ccc1OCC(F)(F)F)N(C1CCCCC1)C1CCS(=O)(=O)C1. The molecule has 0 bridgehead atoms. The maximum absolute atomic E-state index is 13.1. The molecule has 1 heterocycles. The summed E-state index contributed by atoms with van der Waals surface area (Å²) in [6.45, 7) is -1.67. The second kappa shape index (κ2) is 9.85. The number of nitrogens with zero attached hydrogens (tertiary/aromatic N) is 1. The number of sulfone groups is 1. The van der Waals surface area contributed by atoms with Crippen LogP contribution in [0.3, 0.4) is 0 Å². The van der Waals surface area contributed by atoms with Crippen LogP contribution in [0.2, 0.25) is 5.02 Å². The van der Waals surface area contributed by atoms with Crippen LogP contribution in [-0.2, 0) is 14.6 Å². The van der Waals surface area contributed by atoms with Crippen LogP contribution in [0.25, 0.3) is 0 Å². The molecule has 174 valence electrons. The number of anilines is 1. The molecule has 0 spiro atoms. The number of hydrogen-bond donors (Lipinski definition) is 1. The number of ether oxygens (including phenoxy) is 1. The van der Waals surface area contributed by atoms with Crippen LogP contribution in [0.15, 0.2) is 18.2 Å². The lowest BCUT2D eigenvalue weighted by Gasteiger charge is -2.38. The van der Waals surface area contributed by atoms with Crippen molar-refractivity contribution in [3.8, 4) is 5.75 Å². The van der Waals surface area contributed by atoms with E-state index in [-0.39, 0.29) is 52.5 Å². The smallest absolute Gasteiger partial charge is 0.422 e. The standard InChI is InChI=1S/C20H26ClF3N2O4S/c21-14-6-7-18(30-13-20(22,23)24)17(10-14)25-11-19(27)26(15-4-2-1-3-5-15)16-8-9-31(28,29)12-16/h6-7,10,15-16,25H,1-5,8-9,11-13H2. The molecule has 0 radical (unpaired) electrons. The lowest BCUT2D eigenvalue weighted by molar-refractivity contribution is -0.153. The van der Waals surface area contributed by atoms with Crippen LogP contribution < -0.4 is 10.1 Å². The summed E-state index contributed by atoms with van der Waals surface area (Å²) >= 11 is 5.96. The van der Waals surface area contributed by atoms with Crippen molar-refractivity contribution in [2.45, 2.75) is 56.8 Å². The summed E-state index contributed by atoms with van der Waals surface area (Å²) in [4.78, 5) is 14.8. The van der Waals surface area contributed by atoms with Crippen molar-refractivity contribution in [2.75, 3.05) is 30.0 Å². The number of carbonyl (C=O) groups excluding carboxylic acids is 1. The van der Waals surface area contributed by atoms with Crippen LogP contribution in [0.4, 0.5) is 18.9 Å². The monoisotopic (exact) mass is 482 g/mol. The first-order valence-electron chi connectivity index (χ1n) is 10.3. The molecule has 11 heteroatoms. The third kappa shape index (κ3) is 6.90. The number of amides is 1. The zero-order valence-corrected chi connectivity index (χ0v) is 18.5. The second-order valence-corrected chi connectivity index (χ2v) is 10.7. The number of carbonyl (C=O) groups is 1. The Hall–Kier alpha value is -1.68. The number of alkyl halides is 3. The van der Waals surface area contributed by atoms with E-state index in [1.165, 1.54) is 18.2 Å². The van der Waals surface area contributed by atoms with Crippen molar-refractivity contribution in [2.24, 2.45) is 0 Å². The number of rotatable bonds is 7. The topological polar surface area (TPSA) is 75.7 Å². The van der Waals surface area contributed by atoms with E-state index in [0.29, 0.717) is 6.42 Å². The van der Waals surface area contributed by atoms with Crippen LogP contribution in [0.5, 0.6) is 5.75 Å². The predicted molar refractivity (Wildman–Crippen MR) is 112 cm³/mol. The molecular formula is C20H26ClF3N2O4S. The molecule has 1 amide bonds. The highest BCUT2D eigenvalue weighted by molar-refractivity contribution is 7.91. The van der Waals surface area contributed by atoms with Gasteiger partial charge in [0.25, 0.3) is 0 Å². The third-order valence-electron chi connectivity index (χ3n) is 5.62. The zero-order valence-electron chi connectivity index (χ0n) is 17.0. The third-order valence-corrected chi connectivity index (χ3v) is 7.61. The maximum atomic E-state index is 13.1. The van der Waals surface area contributed by atoms with Gasteiger partial charge in [0.2, 0.25) is 5.91 Å². The molecule has 1 N–H and O–H groups in total. The van der Waals surface area contributed by atoms with Gasteiger partial charge in [-0.15, -0.1) is 0 Å². The van der Waals surface area contributed by atoms with Gasteiger partial charge in [0, 0.05) is 17.1 Å². The molecule has 1 aliphatic carbocycles. The fourth-order valence-corrected chi connectivity index (χ4v) is 6.13. The van der Waals surface area contributed by atoms with Gasteiger partial charge >= 0.3 is 6.18 Å². The van der Waals surface area contributed by atoms with Crippen molar-refractivity contribution in [1.82, 2.24) is 4.90 Å². The van der Waals surface area contributed by atoms with E-state index in [0.717, 1.165) is 32.1 Å². The van der Waals surface area contributed by atoms with Gasteiger partial charge in [-0.25, -0.2) is 8.42 Å². The minimum atomic E-state index is -4.50. The molecule has 1 saturated carbocycles. The number of benzene rings is 1. The molecule has 1 unspecified atom stereocenters. The van der Waals surface area contributed by atoms with Gasteiger partial charge in [0.1, 0.15) is 5.75 Å². The quantitative estimate of drug-likeness (QED) is 0.634. The summed E-state index contributed by atoms with van der Waals surface area (Å²) in [7, 11) is -3.17. The van der Waals surface area contributed by atoms with E-state index in [1.807, 2.05) is 0 Å². The predicted octanol–water partition coefficient (Wildman–Crippen LogP) is 4.04. The van der Waals surface area contributed by atoms with Crippen molar-refractivity contribution < 1.29 is 31.1 Å². The molecule has 2 fully saturated rings. The van der Waals surface area contributed by atoms with Gasteiger partial charge in [-0.1, -0.05) is 30.9 Å². The van der Waals surface area contributed by atoms with E-state index in [4.69, 9.17) is 16.3 Å². The molecule has 1 aliphatic heterocycles. The Morgan fingerprint density at radius 1 is 1.16 bits per heavy atom. The number of nitrogens with one attached hydrogen (secondary N) is 1. The van der Waals surface area contributed by atoms with E-state index in [2.05, 4.69) is 5.32 Å². The Morgan fingerprint density at radius 3 is 2.48 bits per heavy atom. The Bertz CT molecular complexity index is 889. The Balaban J connectivity index is 1.72. The first-order valence-corrected chi connectivity index (χ1v) is 12.5. The second-order valence-electron chi connectivity index (χ2n) is 8.05. The van der Waals surface area contributed by atoms with Crippen molar-refractivity contribution in [1.29, 1.82) is 0 Å². The molecule has 0 aromatic heterocycles. The normalized spacial score (nSPS) is 21.6. The summed E-state index contributed by atoms with van der Waals surface area (Å²) in [6.07, 6.45) is 0.581. The van der Waals surface area contributed by atoms with Gasteiger partial charge in [0.15, 0.2) is 16.4 Å². The lowest BCUT2D eigenvalue weighted by Crippen LogP contribution is -2.50. The summed E-state index contributed by atoms with van der Waals surface area (Å²) in [6, 6.07) is 3.71. The first-order chi connectivity index (χ1) is 14.5. The minimum absolute atomic E-state index is 0.0262. The van der Waals surface area contributed by atoms with Gasteiger partial charge in [-0.2, -0.15) is 13.2 Å². The largest absolute Gasteiger partial charge is 0.482 e. The van der Waals surface area contributed by atoms with E-state index >= 15 is 0 Å². The van der Waals surface area contributed by atoms with E-state index < -0.39 is 22.6 Å². The summed E-state index contributed by atoms with van der Waals surface area (Å²) in [5.41, 5.74) is 0.174. The van der Waals surface area contributed by atoms with Crippen LogP contribution in [0, 0.1) is 0 Å². The zero-order chi connectivity index (χ0) is 22.6. The van der Waals surface area contributed by atoms with Crippen LogP contribution in [-0.4, -0.2) is 62.1 Å². The van der Waals surface area contributed by atoms with Gasteiger partial charge in [-0.05, 0) is 37.5 Å². The maximum Gasteiger partial charge on any atom is 0.422 e. The number of hydrogen-bond acceptors (Lipinski definition) is 5. The molecule has 1 saturated heterocycles. The highest BCUT2D eigenvalue weighted by Crippen LogP contribution is 2.31. The molecule has 2 aliphatic rings. The van der Waals surface area contributed by atoms with Crippen molar-refractivity contribution >= 4 is 33.0 Å². The highest BCUT2D eigenvalue weighted by Gasteiger charge is 2.38. The summed E-state index contributed by atoms with van der Waals surface area (Å²) in [5.74, 6) is -0.338. The summed E-state index contributed by atoms with van der Waals surface area (Å²) < 4.78 is 66.4. The molecule has 3 rings (SSSR count). The Morgan fingerprint density at radius 2 is 1.87 bits per heavy atom. The van der Waals surface area contributed by atoms with Gasteiger partial charge in [-0.3, -0.25) is 4.79 Å². The average Bonchev–Trinajstić information content (AvgIpc) is 3.05. The molecule has 1 aromatic rings. The van der Waals surface area contributed by atoms with Crippen LogP contribution >= 0.6 is 11.6 Å². The average molecular weight is 483 g/mol. The van der Waals surface area contributed by atoms with Gasteiger partial charge in [0.05, 0.1) is 23.7 Å². The molecule has 1 aromatic carbocycles. The van der Waals surface area contributed by atoms with Crippen molar-refractivity contribution in [3.05, 3.63) is 23.2 Å². The van der Waals surface area contributed by atoms with Crippen LogP contribution in [0.1, 0.15) is 38.5 Å². The summed E-state index contributed by atoms with van der Waals surface area (Å²) in [5, 5.41) is 3.11. The fourth-order valence-electron chi connectivity index (χ4n) is 4.25. The fraction of sp³-hybridized carbons (Fsp3) is 0.650. The molecule has 31 heavy (non-hydrogen) atoms. The van der Waals surface area contributed by atoms with E-state index in [9.17, 15) is 26.4 Å². The van der Waals surface area contributed by atoms with E-state index in [1.54, 1.807) is 4.90 Å². The molecule has 1 atom stereocenters. The minimum Gasteiger partial charge on any atom is -0.482 e. The van der Waals surface area contributed by atoms with Gasteiger partial charge < -0.3 is 15.0 Å². The Labute approximate surface area is 185 Å². The first kappa shape index (κ1) is 24.0. The lowest BCUT2D eigenvalue weighted by atomic mass is 9.93. The Kier molecular flexibility index (Phi) is 7.62. The molecular weight excluding hydrogens is 457 g/mol. The molecule has 6 nitrogen and oxygen atoms in total. The van der Waals surface area contributed by atoms with Crippen molar-refractivity contribution in [3.63, 3.8) is 0 Å². The number of halogens is 4. The highest BCUT2D eigenvalue weighted by atomic mass is 35.5.